The Labute approximate surface area is 117 Å². The summed E-state index contributed by atoms with van der Waals surface area (Å²) in [4.78, 5) is 23.2. The van der Waals surface area contributed by atoms with E-state index in [1.54, 1.807) is 31.2 Å². The molecule has 0 heterocycles. The van der Waals surface area contributed by atoms with Crippen molar-refractivity contribution in [2.24, 2.45) is 0 Å². The molecule has 6 heteroatoms. The van der Waals surface area contributed by atoms with Gasteiger partial charge in [-0.1, -0.05) is 30.3 Å². The number of carbonyl (C=O) groups is 2. The summed E-state index contributed by atoms with van der Waals surface area (Å²) in [5.41, 5.74) is 0.674. The van der Waals surface area contributed by atoms with E-state index in [2.05, 4.69) is 5.32 Å². The molecule has 0 fully saturated rings. The van der Waals surface area contributed by atoms with Crippen molar-refractivity contribution >= 4 is 11.9 Å². The maximum atomic E-state index is 12.2. The highest BCUT2D eigenvalue weighted by Crippen LogP contribution is 2.17. The van der Waals surface area contributed by atoms with Gasteiger partial charge in [0.1, 0.15) is 0 Å². The first kappa shape index (κ1) is 16.1. The maximum Gasteiger partial charge on any atom is 0.328 e. The molecule has 0 aliphatic rings. The second-order valence-corrected chi connectivity index (χ2v) is 4.10. The van der Waals surface area contributed by atoms with Gasteiger partial charge in [-0.15, -0.1) is 0 Å². The number of aliphatic carboxylic acids is 1. The molecule has 0 aliphatic heterocycles. The summed E-state index contributed by atoms with van der Waals surface area (Å²) in [6.07, 6.45) is -0.833. The van der Waals surface area contributed by atoms with Gasteiger partial charge in [0.05, 0.1) is 6.61 Å². The van der Waals surface area contributed by atoms with Crippen LogP contribution in [0, 0.1) is 0 Å². The van der Waals surface area contributed by atoms with Crippen LogP contribution in [-0.2, 0) is 19.1 Å². The Bertz CT molecular complexity index is 434. The molecule has 0 spiro atoms. The summed E-state index contributed by atoms with van der Waals surface area (Å²) in [5.74, 6) is -1.65. The largest absolute Gasteiger partial charge is 0.480 e. The molecule has 1 rings (SSSR count). The number of hydrogen-bond acceptors (Lipinski definition) is 4. The first-order valence-corrected chi connectivity index (χ1v) is 6.28. The van der Waals surface area contributed by atoms with E-state index < -0.39 is 24.0 Å². The van der Waals surface area contributed by atoms with Gasteiger partial charge in [0.2, 0.25) is 0 Å². The molecule has 1 aromatic rings. The number of amides is 1. The first-order chi connectivity index (χ1) is 9.60. The molecule has 2 unspecified atom stereocenters. The number of carbonyl (C=O) groups excluding carboxylic acids is 1. The van der Waals surface area contributed by atoms with Gasteiger partial charge in [0, 0.05) is 13.7 Å². The predicted molar refractivity (Wildman–Crippen MR) is 72.3 cm³/mol. The number of nitrogens with one attached hydrogen (secondary N) is 1. The smallest absolute Gasteiger partial charge is 0.328 e. The van der Waals surface area contributed by atoms with Crippen LogP contribution in [0.4, 0.5) is 0 Å². The zero-order chi connectivity index (χ0) is 15.0. The van der Waals surface area contributed by atoms with Crippen LogP contribution < -0.4 is 5.32 Å². The van der Waals surface area contributed by atoms with Crippen LogP contribution in [0.15, 0.2) is 30.3 Å². The predicted octanol–water partition coefficient (Wildman–Crippen LogP) is 0.980. The average molecular weight is 281 g/mol. The number of hydrogen-bond donors (Lipinski definition) is 2. The number of carboxylic acids is 1. The molecule has 0 radical (unpaired) electrons. The minimum absolute atomic E-state index is 0.102. The van der Waals surface area contributed by atoms with Crippen molar-refractivity contribution in [1.29, 1.82) is 0 Å². The Balaban J connectivity index is 2.81. The summed E-state index contributed by atoms with van der Waals surface area (Å²) in [6.45, 7) is 2.01. The highest BCUT2D eigenvalue weighted by atomic mass is 16.5. The first-order valence-electron chi connectivity index (χ1n) is 6.28. The van der Waals surface area contributed by atoms with Crippen LogP contribution >= 0.6 is 0 Å². The number of rotatable bonds is 8. The van der Waals surface area contributed by atoms with Gasteiger partial charge in [-0.3, -0.25) is 4.79 Å². The lowest BCUT2D eigenvalue weighted by molar-refractivity contribution is -0.146. The SMILES string of the molecule is CCOC(C(=O)NC(COC)C(=O)O)c1ccccc1. The summed E-state index contributed by atoms with van der Waals surface area (Å²) in [7, 11) is 1.37. The van der Waals surface area contributed by atoms with Gasteiger partial charge in [-0.25, -0.2) is 4.79 Å². The monoisotopic (exact) mass is 281 g/mol. The fraction of sp³-hybridized carbons (Fsp3) is 0.429. The minimum atomic E-state index is -1.15. The highest BCUT2D eigenvalue weighted by Gasteiger charge is 2.26. The Kier molecular flexibility index (Phi) is 6.69. The summed E-state index contributed by atoms with van der Waals surface area (Å²) in [6, 6.07) is 7.82. The molecule has 0 saturated carbocycles. The second kappa shape index (κ2) is 8.29. The topological polar surface area (TPSA) is 84.9 Å². The van der Waals surface area contributed by atoms with E-state index in [1.165, 1.54) is 7.11 Å². The Morgan fingerprint density at radius 1 is 1.30 bits per heavy atom. The molecule has 1 amide bonds. The molecule has 6 nitrogen and oxygen atoms in total. The van der Waals surface area contributed by atoms with Crippen molar-refractivity contribution in [3.05, 3.63) is 35.9 Å². The summed E-state index contributed by atoms with van der Waals surface area (Å²) < 4.78 is 10.2. The lowest BCUT2D eigenvalue weighted by Crippen LogP contribution is -2.46. The van der Waals surface area contributed by atoms with Gasteiger partial charge in [-0.05, 0) is 12.5 Å². The molecule has 0 aromatic heterocycles. The molecule has 0 bridgehead atoms. The molecule has 110 valence electrons. The second-order valence-electron chi connectivity index (χ2n) is 4.10. The molecule has 20 heavy (non-hydrogen) atoms. The molecular weight excluding hydrogens is 262 g/mol. The summed E-state index contributed by atoms with van der Waals surface area (Å²) in [5, 5.41) is 11.4. The van der Waals surface area contributed by atoms with E-state index in [9.17, 15) is 9.59 Å². The lowest BCUT2D eigenvalue weighted by atomic mass is 10.1. The van der Waals surface area contributed by atoms with Crippen molar-refractivity contribution in [3.63, 3.8) is 0 Å². The number of ether oxygens (including phenoxy) is 2. The molecule has 0 saturated heterocycles. The summed E-state index contributed by atoms with van der Waals surface area (Å²) >= 11 is 0. The van der Waals surface area contributed by atoms with Crippen molar-refractivity contribution in [2.75, 3.05) is 20.3 Å². The fourth-order valence-corrected chi connectivity index (χ4v) is 1.71. The third-order valence-corrected chi connectivity index (χ3v) is 2.62. The van der Waals surface area contributed by atoms with Crippen LogP contribution in [0.25, 0.3) is 0 Å². The van der Waals surface area contributed by atoms with E-state index in [1.807, 2.05) is 6.07 Å². The van der Waals surface area contributed by atoms with E-state index >= 15 is 0 Å². The third kappa shape index (κ3) is 4.64. The zero-order valence-electron chi connectivity index (χ0n) is 11.5. The van der Waals surface area contributed by atoms with E-state index in [0.717, 1.165) is 0 Å². The van der Waals surface area contributed by atoms with Gasteiger partial charge in [0.25, 0.3) is 5.91 Å². The Morgan fingerprint density at radius 2 is 1.95 bits per heavy atom. The quantitative estimate of drug-likeness (QED) is 0.742. The van der Waals surface area contributed by atoms with Crippen LogP contribution in [-0.4, -0.2) is 43.3 Å². The molecule has 0 aliphatic carbocycles. The van der Waals surface area contributed by atoms with E-state index in [-0.39, 0.29) is 6.61 Å². The van der Waals surface area contributed by atoms with Gasteiger partial charge < -0.3 is 19.9 Å². The number of carboxylic acid groups (broad SMARTS) is 1. The van der Waals surface area contributed by atoms with E-state index in [4.69, 9.17) is 14.6 Å². The minimum Gasteiger partial charge on any atom is -0.480 e. The third-order valence-electron chi connectivity index (χ3n) is 2.62. The Hall–Kier alpha value is -1.92. The average Bonchev–Trinajstić information content (AvgIpc) is 2.45. The van der Waals surface area contributed by atoms with Crippen LogP contribution in [0.5, 0.6) is 0 Å². The fourth-order valence-electron chi connectivity index (χ4n) is 1.71. The van der Waals surface area contributed by atoms with Crippen LogP contribution in [0.2, 0.25) is 0 Å². The molecular formula is C14H19NO5. The maximum absolute atomic E-state index is 12.2. The van der Waals surface area contributed by atoms with E-state index in [0.29, 0.717) is 12.2 Å². The molecule has 1 aromatic carbocycles. The molecule has 2 atom stereocenters. The standard InChI is InChI=1S/C14H19NO5/c1-3-20-12(10-7-5-4-6-8-10)13(16)15-11(9-19-2)14(17)18/h4-8,11-12H,3,9H2,1-2H3,(H,15,16)(H,17,18). The zero-order valence-corrected chi connectivity index (χ0v) is 11.5. The number of methoxy groups -OCH3 is 1. The van der Waals surface area contributed by atoms with Crippen molar-refractivity contribution in [2.45, 2.75) is 19.1 Å². The van der Waals surface area contributed by atoms with Gasteiger partial charge >= 0.3 is 5.97 Å². The van der Waals surface area contributed by atoms with Gasteiger partial charge in [0.15, 0.2) is 12.1 Å². The van der Waals surface area contributed by atoms with Crippen molar-refractivity contribution in [3.8, 4) is 0 Å². The van der Waals surface area contributed by atoms with Crippen LogP contribution in [0.1, 0.15) is 18.6 Å². The normalized spacial score (nSPS) is 13.5. The highest BCUT2D eigenvalue weighted by molar-refractivity contribution is 5.87. The molecule has 2 N–H and O–H groups in total. The van der Waals surface area contributed by atoms with Crippen LogP contribution in [0.3, 0.4) is 0 Å². The van der Waals surface area contributed by atoms with Gasteiger partial charge in [-0.2, -0.15) is 0 Å². The lowest BCUT2D eigenvalue weighted by Gasteiger charge is -2.20. The Morgan fingerprint density at radius 3 is 2.45 bits per heavy atom. The van der Waals surface area contributed by atoms with Crippen molar-refractivity contribution < 1.29 is 24.2 Å². The van der Waals surface area contributed by atoms with Crippen molar-refractivity contribution in [1.82, 2.24) is 5.32 Å². The number of benzene rings is 1.